The van der Waals surface area contributed by atoms with Crippen LogP contribution in [-0.4, -0.2) is 22.4 Å². The van der Waals surface area contributed by atoms with E-state index in [1.165, 1.54) is 44.1 Å². The molecular weight excluding hydrogens is 356 g/mol. The van der Waals surface area contributed by atoms with Crippen molar-refractivity contribution < 1.29 is 10.2 Å². The summed E-state index contributed by atoms with van der Waals surface area (Å²) in [7, 11) is 0. The Bertz CT molecular complexity index is 624. The van der Waals surface area contributed by atoms with Gasteiger partial charge >= 0.3 is 0 Å². The fourth-order valence-corrected chi connectivity index (χ4v) is 8.62. The normalized spacial score (nSPS) is 47.9. The van der Waals surface area contributed by atoms with Crippen LogP contribution < -0.4 is 0 Å². The standard InChI is InChI=1S/C27H46O2/c1-17(2)7-6-8-18(3)22-11-12-23-21-10-9-19-15-20(28)13-14-26(19,4)24(21)16-25(29)27(22,23)5/h9,17-18,20-25,28-29H,6-8,10-16H2,1-5H3/t18?,20-,21-,22+,23-,24-,25?,26-,27+/m0/s1. The summed E-state index contributed by atoms with van der Waals surface area (Å²) in [4.78, 5) is 0. The summed E-state index contributed by atoms with van der Waals surface area (Å²) in [5.74, 6) is 4.23. The summed E-state index contributed by atoms with van der Waals surface area (Å²) in [6.07, 6.45) is 13.9. The minimum atomic E-state index is -0.156. The Labute approximate surface area is 179 Å². The molecule has 3 fully saturated rings. The quantitative estimate of drug-likeness (QED) is 0.525. The Morgan fingerprint density at radius 3 is 2.52 bits per heavy atom. The van der Waals surface area contributed by atoms with Gasteiger partial charge in [-0.25, -0.2) is 0 Å². The van der Waals surface area contributed by atoms with E-state index in [1.54, 1.807) is 0 Å². The zero-order valence-electron chi connectivity index (χ0n) is 19.7. The molecule has 9 atom stereocenters. The molecule has 3 saturated carbocycles. The SMILES string of the molecule is CC(C)CCCC(C)[C@H]1CC[C@H]2[C@@H]3CC=C4C[C@@H](O)CC[C@]4(C)[C@H]3CC(O)[C@]12C. The molecule has 2 nitrogen and oxygen atoms in total. The van der Waals surface area contributed by atoms with Crippen molar-refractivity contribution in [3.63, 3.8) is 0 Å². The van der Waals surface area contributed by atoms with Gasteiger partial charge in [0.25, 0.3) is 0 Å². The number of hydrogen-bond acceptors (Lipinski definition) is 2. The lowest BCUT2D eigenvalue weighted by atomic mass is 9.46. The van der Waals surface area contributed by atoms with Gasteiger partial charge in [-0.3, -0.25) is 0 Å². The number of allylic oxidation sites excluding steroid dienone is 1. The summed E-state index contributed by atoms with van der Waals surface area (Å²) in [6.45, 7) is 12.1. The molecule has 2 N–H and O–H groups in total. The molecule has 0 aromatic heterocycles. The molecule has 0 aromatic carbocycles. The fraction of sp³-hybridized carbons (Fsp3) is 0.926. The monoisotopic (exact) mass is 402 g/mol. The predicted octanol–water partition coefficient (Wildman–Crippen LogP) is 6.36. The molecule has 0 aromatic rings. The van der Waals surface area contributed by atoms with E-state index in [2.05, 4.69) is 40.7 Å². The molecule has 29 heavy (non-hydrogen) atoms. The highest BCUT2D eigenvalue weighted by molar-refractivity contribution is 5.26. The maximum Gasteiger partial charge on any atom is 0.0602 e. The molecule has 0 radical (unpaired) electrons. The Balaban J connectivity index is 1.54. The zero-order valence-corrected chi connectivity index (χ0v) is 19.7. The average Bonchev–Trinajstić information content (AvgIpc) is 3.02. The third-order valence-electron chi connectivity index (χ3n) is 10.4. The second-order valence-electron chi connectivity index (χ2n) is 12.3. The van der Waals surface area contributed by atoms with Crippen LogP contribution in [0.5, 0.6) is 0 Å². The van der Waals surface area contributed by atoms with Gasteiger partial charge in [-0.15, -0.1) is 0 Å². The van der Waals surface area contributed by atoms with Gasteiger partial charge in [0.2, 0.25) is 0 Å². The molecule has 2 unspecified atom stereocenters. The highest BCUT2D eigenvalue weighted by Gasteiger charge is 2.62. The van der Waals surface area contributed by atoms with Gasteiger partial charge in [-0.2, -0.15) is 0 Å². The Morgan fingerprint density at radius 2 is 1.79 bits per heavy atom. The van der Waals surface area contributed by atoms with Crippen LogP contribution in [0.25, 0.3) is 0 Å². The first-order valence-corrected chi connectivity index (χ1v) is 12.7. The van der Waals surface area contributed by atoms with Crippen LogP contribution in [0.2, 0.25) is 0 Å². The molecular formula is C27H46O2. The lowest BCUT2D eigenvalue weighted by Crippen LogP contribution is -2.56. The smallest absolute Gasteiger partial charge is 0.0602 e. The molecule has 4 aliphatic carbocycles. The Morgan fingerprint density at radius 1 is 1.03 bits per heavy atom. The highest BCUT2D eigenvalue weighted by Crippen LogP contribution is 2.67. The highest BCUT2D eigenvalue weighted by atomic mass is 16.3. The Kier molecular flexibility index (Phi) is 6.01. The van der Waals surface area contributed by atoms with E-state index in [0.717, 1.165) is 43.4 Å². The van der Waals surface area contributed by atoms with E-state index in [4.69, 9.17) is 0 Å². The van der Waals surface area contributed by atoms with E-state index < -0.39 is 0 Å². The van der Waals surface area contributed by atoms with Crippen molar-refractivity contribution >= 4 is 0 Å². The van der Waals surface area contributed by atoms with Crippen molar-refractivity contribution in [2.75, 3.05) is 0 Å². The van der Waals surface area contributed by atoms with Crippen LogP contribution in [0.1, 0.15) is 98.8 Å². The Hall–Kier alpha value is -0.340. The lowest BCUT2D eigenvalue weighted by molar-refractivity contribution is -0.136. The van der Waals surface area contributed by atoms with Gasteiger partial charge in [0, 0.05) is 0 Å². The first kappa shape index (κ1) is 21.9. The number of aliphatic hydroxyl groups excluding tert-OH is 2. The van der Waals surface area contributed by atoms with E-state index in [1.807, 2.05) is 0 Å². The molecule has 4 aliphatic rings. The third kappa shape index (κ3) is 3.55. The van der Waals surface area contributed by atoms with Gasteiger partial charge in [0.1, 0.15) is 0 Å². The van der Waals surface area contributed by atoms with Gasteiger partial charge in [0.15, 0.2) is 0 Å². The minimum Gasteiger partial charge on any atom is -0.393 e. The number of rotatable bonds is 5. The van der Waals surface area contributed by atoms with E-state index in [9.17, 15) is 10.2 Å². The van der Waals surface area contributed by atoms with Crippen molar-refractivity contribution in [3.8, 4) is 0 Å². The number of hydrogen-bond donors (Lipinski definition) is 2. The molecule has 0 aliphatic heterocycles. The van der Waals surface area contributed by atoms with Crippen molar-refractivity contribution in [2.45, 2.75) is 111 Å². The summed E-state index contributed by atoms with van der Waals surface area (Å²) < 4.78 is 0. The van der Waals surface area contributed by atoms with Crippen molar-refractivity contribution in [3.05, 3.63) is 11.6 Å². The average molecular weight is 403 g/mol. The fourth-order valence-electron chi connectivity index (χ4n) is 8.62. The van der Waals surface area contributed by atoms with Crippen LogP contribution in [0.4, 0.5) is 0 Å². The van der Waals surface area contributed by atoms with Gasteiger partial charge in [-0.05, 0) is 91.3 Å². The second-order valence-corrected chi connectivity index (χ2v) is 12.3. The molecule has 0 bridgehead atoms. The van der Waals surface area contributed by atoms with Gasteiger partial charge < -0.3 is 10.2 Å². The summed E-state index contributed by atoms with van der Waals surface area (Å²) in [5, 5.41) is 21.8. The third-order valence-corrected chi connectivity index (χ3v) is 10.4. The minimum absolute atomic E-state index is 0.105. The maximum absolute atomic E-state index is 11.6. The molecule has 0 spiro atoms. The molecule has 2 heteroatoms. The maximum atomic E-state index is 11.6. The van der Waals surface area contributed by atoms with Crippen LogP contribution in [-0.2, 0) is 0 Å². The molecule has 0 amide bonds. The predicted molar refractivity (Wildman–Crippen MR) is 120 cm³/mol. The van der Waals surface area contributed by atoms with Crippen molar-refractivity contribution in [1.29, 1.82) is 0 Å². The largest absolute Gasteiger partial charge is 0.393 e. The van der Waals surface area contributed by atoms with E-state index in [-0.39, 0.29) is 23.0 Å². The summed E-state index contributed by atoms with van der Waals surface area (Å²) >= 11 is 0. The summed E-state index contributed by atoms with van der Waals surface area (Å²) in [5.41, 5.74) is 1.82. The van der Waals surface area contributed by atoms with Crippen LogP contribution in [0.3, 0.4) is 0 Å². The lowest BCUT2D eigenvalue weighted by Gasteiger charge is -2.60. The zero-order chi connectivity index (χ0) is 21.0. The topological polar surface area (TPSA) is 40.5 Å². The van der Waals surface area contributed by atoms with Crippen LogP contribution >= 0.6 is 0 Å². The molecule has 166 valence electrons. The first-order chi connectivity index (χ1) is 13.7. The first-order valence-electron chi connectivity index (χ1n) is 12.7. The van der Waals surface area contributed by atoms with E-state index in [0.29, 0.717) is 17.8 Å². The molecule has 4 rings (SSSR count). The molecule has 0 saturated heterocycles. The molecule has 0 heterocycles. The van der Waals surface area contributed by atoms with Gasteiger partial charge in [0.05, 0.1) is 12.2 Å². The van der Waals surface area contributed by atoms with E-state index >= 15 is 0 Å². The number of aliphatic hydroxyl groups is 2. The van der Waals surface area contributed by atoms with Crippen LogP contribution in [0, 0.1) is 46.3 Å². The summed E-state index contributed by atoms with van der Waals surface area (Å²) in [6, 6.07) is 0. The van der Waals surface area contributed by atoms with Gasteiger partial charge in [-0.1, -0.05) is 65.5 Å². The van der Waals surface area contributed by atoms with Crippen LogP contribution in [0.15, 0.2) is 11.6 Å². The number of fused-ring (bicyclic) bond motifs is 5. The van der Waals surface area contributed by atoms with Crippen molar-refractivity contribution in [1.82, 2.24) is 0 Å². The second kappa shape index (κ2) is 7.97. The van der Waals surface area contributed by atoms with Crippen molar-refractivity contribution in [2.24, 2.45) is 46.3 Å².